The van der Waals surface area contributed by atoms with Crippen molar-refractivity contribution in [3.8, 4) is 5.75 Å². The van der Waals surface area contributed by atoms with E-state index in [1.165, 1.54) is 0 Å². The molecule has 0 atom stereocenters. The Morgan fingerprint density at radius 1 is 1.32 bits per heavy atom. The third kappa shape index (κ3) is 3.89. The average Bonchev–Trinajstić information content (AvgIpc) is 2.77. The van der Waals surface area contributed by atoms with Crippen molar-refractivity contribution in [3.63, 3.8) is 0 Å². The number of hydrogen-bond acceptors (Lipinski definition) is 6. The van der Waals surface area contributed by atoms with Gasteiger partial charge in [0.15, 0.2) is 0 Å². The Bertz CT molecular complexity index is 553. The quantitative estimate of drug-likeness (QED) is 0.880. The number of hydrogen-bond donors (Lipinski definition) is 2. The summed E-state index contributed by atoms with van der Waals surface area (Å²) in [6.07, 6.45) is 0.938. The first-order valence-electron chi connectivity index (χ1n) is 6.26. The minimum atomic E-state index is 0.199. The highest BCUT2D eigenvalue weighted by molar-refractivity contribution is 7.15. The van der Waals surface area contributed by atoms with Crippen LogP contribution in [0, 0.1) is 12.8 Å². The predicted octanol–water partition coefficient (Wildman–Crippen LogP) is 2.76. The molecule has 2 heterocycles. The van der Waals surface area contributed by atoms with Gasteiger partial charge in [0.05, 0.1) is 6.54 Å². The number of aromatic nitrogens is 3. The molecule has 0 saturated heterocycles. The Morgan fingerprint density at radius 2 is 2.11 bits per heavy atom. The van der Waals surface area contributed by atoms with Crippen LogP contribution in [0.4, 0.5) is 5.13 Å². The fraction of sp³-hybridized carbons (Fsp3) is 0.462. The summed E-state index contributed by atoms with van der Waals surface area (Å²) in [6.45, 7) is 6.66. The molecular formula is C13H18N4OS. The molecule has 0 aliphatic carbocycles. The van der Waals surface area contributed by atoms with Gasteiger partial charge in [-0.1, -0.05) is 25.2 Å². The zero-order valence-corrected chi connectivity index (χ0v) is 12.2. The molecule has 0 aliphatic rings. The van der Waals surface area contributed by atoms with Gasteiger partial charge in [0, 0.05) is 12.1 Å². The largest absolute Gasteiger partial charge is 0.506 e. The Kier molecular flexibility index (Phi) is 4.31. The Labute approximate surface area is 116 Å². The summed E-state index contributed by atoms with van der Waals surface area (Å²) < 4.78 is 0. The summed E-state index contributed by atoms with van der Waals surface area (Å²) in [7, 11) is 0. The van der Waals surface area contributed by atoms with Crippen LogP contribution < -0.4 is 5.32 Å². The number of anilines is 1. The minimum absolute atomic E-state index is 0.199. The van der Waals surface area contributed by atoms with Crippen molar-refractivity contribution in [2.45, 2.75) is 33.7 Å². The number of nitrogens with zero attached hydrogens (tertiary/aromatic N) is 3. The van der Waals surface area contributed by atoms with Crippen LogP contribution >= 0.6 is 11.3 Å². The smallest absolute Gasteiger partial charge is 0.205 e. The maximum Gasteiger partial charge on any atom is 0.205 e. The highest BCUT2D eigenvalue weighted by Gasteiger charge is 2.08. The molecule has 19 heavy (non-hydrogen) atoms. The summed E-state index contributed by atoms with van der Waals surface area (Å²) in [4.78, 5) is 4.29. The van der Waals surface area contributed by atoms with Crippen molar-refractivity contribution in [1.82, 2.24) is 15.2 Å². The van der Waals surface area contributed by atoms with Crippen molar-refractivity contribution in [2.24, 2.45) is 5.92 Å². The molecule has 6 heteroatoms. The van der Waals surface area contributed by atoms with Crippen LogP contribution in [-0.4, -0.2) is 20.3 Å². The highest BCUT2D eigenvalue weighted by Crippen LogP contribution is 2.20. The summed E-state index contributed by atoms with van der Waals surface area (Å²) in [5.74, 6) is 0.772. The van der Waals surface area contributed by atoms with E-state index in [1.54, 1.807) is 23.5 Å². The summed E-state index contributed by atoms with van der Waals surface area (Å²) in [5, 5.41) is 22.9. The lowest BCUT2D eigenvalue weighted by atomic mass is 10.1. The van der Waals surface area contributed by atoms with Gasteiger partial charge in [-0.15, -0.1) is 10.2 Å². The van der Waals surface area contributed by atoms with Crippen LogP contribution in [0.15, 0.2) is 12.1 Å². The molecular weight excluding hydrogens is 260 g/mol. The van der Waals surface area contributed by atoms with Crippen LogP contribution in [0.5, 0.6) is 5.75 Å². The van der Waals surface area contributed by atoms with Crippen LogP contribution in [0.25, 0.3) is 0 Å². The molecule has 2 N–H and O–H groups in total. The van der Waals surface area contributed by atoms with Crippen molar-refractivity contribution in [2.75, 3.05) is 5.32 Å². The van der Waals surface area contributed by atoms with E-state index >= 15 is 0 Å². The van der Waals surface area contributed by atoms with Gasteiger partial charge in [0.25, 0.3) is 0 Å². The predicted molar refractivity (Wildman–Crippen MR) is 76.4 cm³/mol. The van der Waals surface area contributed by atoms with E-state index < -0.39 is 0 Å². The van der Waals surface area contributed by atoms with Gasteiger partial charge in [-0.25, -0.2) is 0 Å². The number of aryl methyl sites for hydroxylation is 1. The van der Waals surface area contributed by atoms with Crippen LogP contribution in [0.2, 0.25) is 0 Å². The van der Waals surface area contributed by atoms with E-state index in [0.717, 1.165) is 22.3 Å². The lowest BCUT2D eigenvalue weighted by Gasteiger charge is -2.05. The van der Waals surface area contributed by atoms with E-state index in [9.17, 15) is 5.11 Å². The normalized spacial score (nSPS) is 10.9. The Morgan fingerprint density at radius 3 is 2.84 bits per heavy atom. The van der Waals surface area contributed by atoms with Crippen molar-refractivity contribution < 1.29 is 5.11 Å². The topological polar surface area (TPSA) is 70.9 Å². The van der Waals surface area contributed by atoms with Gasteiger partial charge in [0.1, 0.15) is 16.5 Å². The summed E-state index contributed by atoms with van der Waals surface area (Å²) in [5.41, 5.74) is 1.51. The third-order valence-electron chi connectivity index (χ3n) is 2.55. The van der Waals surface area contributed by atoms with E-state index in [0.29, 0.717) is 18.2 Å². The first kappa shape index (κ1) is 13.7. The second-order valence-corrected chi connectivity index (χ2v) is 5.93. The molecule has 2 rings (SSSR count). The molecule has 0 saturated carbocycles. The molecule has 2 aromatic rings. The second kappa shape index (κ2) is 5.97. The van der Waals surface area contributed by atoms with Gasteiger partial charge >= 0.3 is 0 Å². The zero-order valence-electron chi connectivity index (χ0n) is 11.3. The molecule has 0 radical (unpaired) electrons. The monoisotopic (exact) mass is 278 g/mol. The molecule has 0 spiro atoms. The Hall–Kier alpha value is -1.69. The molecule has 5 nitrogen and oxygen atoms in total. The number of aromatic hydroxyl groups is 1. The van der Waals surface area contributed by atoms with Gasteiger partial charge in [-0.2, -0.15) is 0 Å². The molecule has 0 amide bonds. The number of nitrogens with one attached hydrogen (secondary N) is 1. The van der Waals surface area contributed by atoms with Crippen LogP contribution in [-0.2, 0) is 13.0 Å². The molecule has 0 bridgehead atoms. The molecule has 102 valence electrons. The minimum Gasteiger partial charge on any atom is -0.506 e. The number of rotatable bonds is 5. The molecule has 0 fully saturated rings. The van der Waals surface area contributed by atoms with E-state index in [1.807, 2.05) is 6.92 Å². The molecule has 0 aromatic carbocycles. The fourth-order valence-corrected chi connectivity index (χ4v) is 2.60. The maximum atomic E-state index is 9.70. The SMILES string of the molecule is Cc1ccc(O)c(CNc2nnc(CC(C)C)s2)n1. The summed E-state index contributed by atoms with van der Waals surface area (Å²) in [6, 6.07) is 3.44. The first-order valence-corrected chi connectivity index (χ1v) is 7.08. The lowest BCUT2D eigenvalue weighted by molar-refractivity contribution is 0.464. The van der Waals surface area contributed by atoms with Gasteiger partial charge in [-0.05, 0) is 25.0 Å². The maximum absolute atomic E-state index is 9.70. The summed E-state index contributed by atoms with van der Waals surface area (Å²) >= 11 is 1.55. The average molecular weight is 278 g/mol. The number of pyridine rings is 1. The first-order chi connectivity index (χ1) is 9.04. The van der Waals surface area contributed by atoms with Gasteiger partial charge in [0.2, 0.25) is 5.13 Å². The van der Waals surface area contributed by atoms with E-state index in [-0.39, 0.29) is 5.75 Å². The fourth-order valence-electron chi connectivity index (χ4n) is 1.65. The van der Waals surface area contributed by atoms with Crippen LogP contribution in [0.1, 0.15) is 30.2 Å². The van der Waals surface area contributed by atoms with E-state index in [2.05, 4.69) is 34.3 Å². The van der Waals surface area contributed by atoms with E-state index in [4.69, 9.17) is 0 Å². The lowest BCUT2D eigenvalue weighted by Crippen LogP contribution is -2.02. The van der Waals surface area contributed by atoms with Crippen molar-refractivity contribution in [1.29, 1.82) is 0 Å². The van der Waals surface area contributed by atoms with Crippen molar-refractivity contribution >= 4 is 16.5 Å². The highest BCUT2D eigenvalue weighted by atomic mass is 32.1. The third-order valence-corrected chi connectivity index (χ3v) is 3.45. The molecule has 0 unspecified atom stereocenters. The molecule has 2 aromatic heterocycles. The van der Waals surface area contributed by atoms with Gasteiger partial charge < -0.3 is 10.4 Å². The standard InChI is InChI=1S/C13H18N4OS/c1-8(2)6-12-16-17-13(19-12)14-7-10-11(18)5-4-9(3)15-10/h4-5,8,18H,6-7H2,1-3H3,(H,14,17). The Balaban J connectivity index is 1.98. The zero-order chi connectivity index (χ0) is 13.8. The molecule has 0 aliphatic heterocycles. The van der Waals surface area contributed by atoms with Gasteiger partial charge in [-0.3, -0.25) is 4.98 Å². The second-order valence-electron chi connectivity index (χ2n) is 4.87. The van der Waals surface area contributed by atoms with Crippen LogP contribution in [0.3, 0.4) is 0 Å². The van der Waals surface area contributed by atoms with Crippen molar-refractivity contribution in [3.05, 3.63) is 28.5 Å².